The van der Waals surface area contributed by atoms with E-state index in [4.69, 9.17) is 5.73 Å². The molecule has 124 valence electrons. The molecule has 0 radical (unpaired) electrons. The van der Waals surface area contributed by atoms with Gasteiger partial charge in [-0.25, -0.2) is 9.18 Å². The minimum absolute atomic E-state index is 0.210. The molecule has 24 heavy (non-hydrogen) atoms. The second kappa shape index (κ2) is 7.92. The van der Waals surface area contributed by atoms with Crippen LogP contribution in [0.15, 0.2) is 54.6 Å². The molecular weight excluding hydrogens is 309 g/mol. The van der Waals surface area contributed by atoms with Crippen molar-refractivity contribution >= 4 is 23.7 Å². The molecule has 0 heterocycles. The van der Waals surface area contributed by atoms with Gasteiger partial charge >= 0.3 is 6.03 Å². The van der Waals surface area contributed by atoms with Crippen molar-refractivity contribution in [2.75, 3.05) is 5.32 Å². The Kier molecular flexibility index (Phi) is 5.68. The van der Waals surface area contributed by atoms with E-state index in [2.05, 4.69) is 10.6 Å². The highest BCUT2D eigenvalue weighted by atomic mass is 19.1. The fourth-order valence-electron chi connectivity index (χ4n) is 2.09. The van der Waals surface area contributed by atoms with Gasteiger partial charge in [0.2, 0.25) is 5.91 Å². The number of rotatable bonds is 5. The number of carbonyl (C=O) groups excluding carboxylic acids is 2. The predicted molar refractivity (Wildman–Crippen MR) is 91.6 cm³/mol. The predicted octanol–water partition coefficient (Wildman–Crippen LogP) is 3.21. The van der Waals surface area contributed by atoms with E-state index in [0.29, 0.717) is 5.69 Å². The van der Waals surface area contributed by atoms with Crippen LogP contribution in [0.2, 0.25) is 0 Å². The average molecular weight is 327 g/mol. The first-order chi connectivity index (χ1) is 11.4. The van der Waals surface area contributed by atoms with Crippen LogP contribution >= 0.6 is 0 Å². The van der Waals surface area contributed by atoms with Crippen molar-refractivity contribution < 1.29 is 14.0 Å². The van der Waals surface area contributed by atoms with E-state index < -0.39 is 6.03 Å². The Labute approximate surface area is 139 Å². The van der Waals surface area contributed by atoms with Crippen LogP contribution in [0.25, 0.3) is 6.08 Å². The number of primary amides is 1. The van der Waals surface area contributed by atoms with E-state index in [9.17, 15) is 14.0 Å². The van der Waals surface area contributed by atoms with Crippen LogP contribution in [0.4, 0.5) is 14.9 Å². The van der Waals surface area contributed by atoms with Crippen LogP contribution in [0.1, 0.15) is 24.1 Å². The van der Waals surface area contributed by atoms with Gasteiger partial charge in [0.1, 0.15) is 5.82 Å². The smallest absolute Gasteiger partial charge is 0.316 e. The summed E-state index contributed by atoms with van der Waals surface area (Å²) in [6.07, 6.45) is 3.01. The zero-order chi connectivity index (χ0) is 17.5. The largest absolute Gasteiger partial charge is 0.351 e. The molecule has 1 atom stereocenters. The monoisotopic (exact) mass is 327 g/mol. The third-order valence-corrected chi connectivity index (χ3v) is 3.33. The molecule has 0 aliphatic heterocycles. The molecule has 0 spiro atoms. The van der Waals surface area contributed by atoms with E-state index >= 15 is 0 Å². The zero-order valence-electron chi connectivity index (χ0n) is 13.1. The molecule has 0 unspecified atom stereocenters. The summed E-state index contributed by atoms with van der Waals surface area (Å²) in [4.78, 5) is 22.7. The van der Waals surface area contributed by atoms with Crippen molar-refractivity contribution in [3.63, 3.8) is 0 Å². The Morgan fingerprint density at radius 2 is 1.71 bits per heavy atom. The number of benzene rings is 2. The fourth-order valence-corrected chi connectivity index (χ4v) is 2.09. The number of halogens is 1. The van der Waals surface area contributed by atoms with Gasteiger partial charge < -0.3 is 16.4 Å². The van der Waals surface area contributed by atoms with E-state index in [1.165, 1.54) is 18.2 Å². The van der Waals surface area contributed by atoms with E-state index in [1.807, 2.05) is 6.92 Å². The third-order valence-electron chi connectivity index (χ3n) is 3.33. The van der Waals surface area contributed by atoms with Gasteiger partial charge in [0, 0.05) is 11.8 Å². The maximum Gasteiger partial charge on any atom is 0.316 e. The molecule has 3 amide bonds. The van der Waals surface area contributed by atoms with Crippen LogP contribution < -0.4 is 16.4 Å². The molecule has 0 aliphatic rings. The topological polar surface area (TPSA) is 84.2 Å². The quantitative estimate of drug-likeness (QED) is 0.737. The maximum absolute atomic E-state index is 12.8. The molecule has 0 bridgehead atoms. The van der Waals surface area contributed by atoms with Crippen LogP contribution in [0.3, 0.4) is 0 Å². The lowest BCUT2D eigenvalue weighted by molar-refractivity contribution is -0.117. The fraction of sp³-hybridized carbons (Fsp3) is 0.111. The van der Waals surface area contributed by atoms with Gasteiger partial charge in [-0.1, -0.05) is 24.3 Å². The molecule has 0 fully saturated rings. The minimum atomic E-state index is -0.630. The highest BCUT2D eigenvalue weighted by Gasteiger charge is 2.07. The Hall–Kier alpha value is -3.15. The van der Waals surface area contributed by atoms with Gasteiger partial charge in [0.05, 0.1) is 6.04 Å². The van der Waals surface area contributed by atoms with Crippen LogP contribution in [-0.4, -0.2) is 11.9 Å². The SMILES string of the molecule is C[C@H](NC(=O)/C=C/c1ccc(F)cc1)c1ccc(NC(N)=O)cc1. The Morgan fingerprint density at radius 3 is 2.29 bits per heavy atom. The van der Waals surface area contributed by atoms with Crippen LogP contribution in [0.5, 0.6) is 0 Å². The van der Waals surface area contributed by atoms with Gasteiger partial charge in [0.15, 0.2) is 0 Å². The normalized spacial score (nSPS) is 11.9. The highest BCUT2D eigenvalue weighted by Crippen LogP contribution is 2.16. The molecule has 0 saturated carbocycles. The number of nitrogens with two attached hydrogens (primary N) is 1. The summed E-state index contributed by atoms with van der Waals surface area (Å²) in [5.41, 5.74) is 7.25. The number of anilines is 1. The van der Waals surface area contributed by atoms with Gasteiger partial charge in [0.25, 0.3) is 0 Å². The Balaban J connectivity index is 1.93. The lowest BCUT2D eigenvalue weighted by atomic mass is 10.1. The lowest BCUT2D eigenvalue weighted by Gasteiger charge is -2.13. The summed E-state index contributed by atoms with van der Waals surface area (Å²) >= 11 is 0. The van der Waals surface area contributed by atoms with Gasteiger partial charge in [-0.2, -0.15) is 0 Å². The molecule has 4 N–H and O–H groups in total. The third kappa shape index (κ3) is 5.24. The standard InChI is InChI=1S/C18H18FN3O2/c1-12(14-5-9-16(10-6-14)22-18(20)24)21-17(23)11-4-13-2-7-15(19)8-3-13/h2-12H,1H3,(H,21,23)(H3,20,22,24)/b11-4+/t12-/m0/s1. The first-order valence-electron chi connectivity index (χ1n) is 7.34. The number of hydrogen-bond acceptors (Lipinski definition) is 2. The average Bonchev–Trinajstić information content (AvgIpc) is 2.54. The van der Waals surface area contributed by atoms with Crippen molar-refractivity contribution in [1.82, 2.24) is 5.32 Å². The molecule has 0 saturated heterocycles. The molecule has 0 aliphatic carbocycles. The molecule has 2 aromatic rings. The molecule has 6 heteroatoms. The first-order valence-corrected chi connectivity index (χ1v) is 7.34. The van der Waals surface area contributed by atoms with Crippen molar-refractivity contribution in [2.45, 2.75) is 13.0 Å². The van der Waals surface area contributed by atoms with Gasteiger partial charge in [-0.15, -0.1) is 0 Å². The summed E-state index contributed by atoms with van der Waals surface area (Å²) in [5, 5.41) is 5.29. The van der Waals surface area contributed by atoms with Crippen LogP contribution in [0, 0.1) is 5.82 Å². The summed E-state index contributed by atoms with van der Waals surface area (Å²) in [7, 11) is 0. The molecule has 2 rings (SSSR count). The first kappa shape index (κ1) is 17.2. The van der Waals surface area contributed by atoms with Crippen molar-refractivity contribution in [2.24, 2.45) is 5.73 Å². The van der Waals surface area contributed by atoms with Crippen molar-refractivity contribution in [3.05, 3.63) is 71.6 Å². The number of urea groups is 1. The van der Waals surface area contributed by atoms with Crippen LogP contribution in [-0.2, 0) is 4.79 Å². The summed E-state index contributed by atoms with van der Waals surface area (Å²) in [6, 6.07) is 12.0. The second-order valence-corrected chi connectivity index (χ2v) is 5.23. The summed E-state index contributed by atoms with van der Waals surface area (Å²) in [5.74, 6) is -0.578. The number of nitrogens with one attached hydrogen (secondary N) is 2. The molecular formula is C18H18FN3O2. The highest BCUT2D eigenvalue weighted by molar-refractivity contribution is 5.92. The number of amides is 3. The maximum atomic E-state index is 12.8. The molecule has 2 aromatic carbocycles. The Morgan fingerprint density at radius 1 is 1.08 bits per heavy atom. The molecule has 0 aromatic heterocycles. The van der Waals surface area contributed by atoms with E-state index in [1.54, 1.807) is 42.5 Å². The lowest BCUT2D eigenvalue weighted by Crippen LogP contribution is -2.24. The zero-order valence-corrected chi connectivity index (χ0v) is 13.1. The molecule has 5 nitrogen and oxygen atoms in total. The van der Waals surface area contributed by atoms with Gasteiger partial charge in [-0.3, -0.25) is 4.79 Å². The Bertz CT molecular complexity index is 740. The van der Waals surface area contributed by atoms with Crippen molar-refractivity contribution in [3.8, 4) is 0 Å². The van der Waals surface area contributed by atoms with Crippen molar-refractivity contribution in [1.29, 1.82) is 0 Å². The second-order valence-electron chi connectivity index (χ2n) is 5.23. The summed E-state index contributed by atoms with van der Waals surface area (Å²) < 4.78 is 12.8. The van der Waals surface area contributed by atoms with Gasteiger partial charge in [-0.05, 0) is 48.4 Å². The summed E-state index contributed by atoms with van der Waals surface area (Å²) in [6.45, 7) is 1.85. The van der Waals surface area contributed by atoms with E-state index in [-0.39, 0.29) is 17.8 Å². The number of hydrogen-bond donors (Lipinski definition) is 3. The van der Waals surface area contributed by atoms with E-state index in [0.717, 1.165) is 11.1 Å². The minimum Gasteiger partial charge on any atom is -0.351 e. The number of carbonyl (C=O) groups is 2.